The molecule has 0 N–H and O–H groups in total. The van der Waals surface area contributed by atoms with Crippen LogP contribution in [0.3, 0.4) is 0 Å². The number of morpholine rings is 1. The van der Waals surface area contributed by atoms with E-state index in [-0.39, 0.29) is 5.78 Å². The lowest BCUT2D eigenvalue weighted by Crippen LogP contribution is -2.37. The number of likely N-dealkylation sites (N-methyl/N-ethyl adjacent to an activating group) is 1. The Morgan fingerprint density at radius 3 is 2.37 bits per heavy atom. The first kappa shape index (κ1) is 19.6. The Morgan fingerprint density at radius 1 is 1.07 bits per heavy atom. The van der Waals surface area contributed by atoms with Gasteiger partial charge in [-0.15, -0.1) is 0 Å². The van der Waals surface area contributed by atoms with Crippen LogP contribution in [-0.4, -0.2) is 57.1 Å². The van der Waals surface area contributed by atoms with E-state index >= 15 is 0 Å². The Labute approximate surface area is 162 Å². The highest BCUT2D eigenvalue weighted by molar-refractivity contribution is 6.12. The first-order valence-electron chi connectivity index (χ1n) is 9.82. The van der Waals surface area contributed by atoms with E-state index in [1.807, 2.05) is 36.4 Å². The third-order valence-corrected chi connectivity index (χ3v) is 5.39. The smallest absolute Gasteiger partial charge is 0.195 e. The first-order chi connectivity index (χ1) is 13.1. The number of nitrogens with zero attached hydrogens (tertiary/aromatic N) is 2. The van der Waals surface area contributed by atoms with E-state index < -0.39 is 0 Å². The number of rotatable bonds is 7. The molecule has 0 spiro atoms. The molecule has 1 heterocycles. The summed E-state index contributed by atoms with van der Waals surface area (Å²) < 4.78 is 5.45. The summed E-state index contributed by atoms with van der Waals surface area (Å²) in [6.07, 6.45) is 2.11. The maximum absolute atomic E-state index is 13.1. The van der Waals surface area contributed by atoms with Gasteiger partial charge in [0.25, 0.3) is 0 Å². The minimum atomic E-state index is 0.0864. The van der Waals surface area contributed by atoms with Gasteiger partial charge in [-0.3, -0.25) is 4.79 Å². The lowest BCUT2D eigenvalue weighted by Gasteiger charge is -2.30. The molecule has 27 heavy (non-hydrogen) atoms. The van der Waals surface area contributed by atoms with Crippen molar-refractivity contribution < 1.29 is 9.53 Å². The van der Waals surface area contributed by atoms with Crippen molar-refractivity contribution in [1.82, 2.24) is 4.90 Å². The van der Waals surface area contributed by atoms with Crippen molar-refractivity contribution in [3.63, 3.8) is 0 Å². The van der Waals surface area contributed by atoms with E-state index in [0.29, 0.717) is 19.3 Å². The van der Waals surface area contributed by atoms with Gasteiger partial charge in [0.15, 0.2) is 5.78 Å². The maximum atomic E-state index is 13.1. The van der Waals surface area contributed by atoms with E-state index in [1.165, 1.54) is 5.56 Å². The molecule has 0 bridgehead atoms. The van der Waals surface area contributed by atoms with Gasteiger partial charge in [-0.2, -0.15) is 0 Å². The van der Waals surface area contributed by atoms with Crippen LogP contribution in [0.4, 0.5) is 5.69 Å². The third kappa shape index (κ3) is 4.76. The summed E-state index contributed by atoms with van der Waals surface area (Å²) in [4.78, 5) is 17.6. The van der Waals surface area contributed by atoms with Crippen LogP contribution in [0.2, 0.25) is 0 Å². The number of carbonyl (C=O) groups excluding carboxylic acids is 1. The summed E-state index contributed by atoms with van der Waals surface area (Å²) in [5.41, 5.74) is 3.80. The minimum absolute atomic E-state index is 0.0864. The van der Waals surface area contributed by atoms with Crippen molar-refractivity contribution in [3.8, 4) is 0 Å². The molecule has 1 saturated heterocycles. The lowest BCUT2D eigenvalue weighted by atomic mass is 9.97. The molecule has 1 atom stereocenters. The van der Waals surface area contributed by atoms with E-state index in [4.69, 9.17) is 4.74 Å². The third-order valence-electron chi connectivity index (χ3n) is 5.39. The molecule has 0 radical (unpaired) electrons. The summed E-state index contributed by atoms with van der Waals surface area (Å²) >= 11 is 0. The summed E-state index contributed by atoms with van der Waals surface area (Å²) in [7, 11) is 4.24. The van der Waals surface area contributed by atoms with E-state index in [2.05, 4.69) is 43.0 Å². The van der Waals surface area contributed by atoms with Crippen LogP contribution < -0.4 is 4.90 Å². The van der Waals surface area contributed by atoms with E-state index in [1.54, 1.807) is 0 Å². The zero-order valence-electron chi connectivity index (χ0n) is 16.6. The molecule has 0 saturated carbocycles. The highest BCUT2D eigenvalue weighted by Crippen LogP contribution is 2.24. The SMILES string of the molecule is CCC(Cc1ccc(C(=O)c2ccccc2N2CCOCC2)cc1)N(C)C. The summed E-state index contributed by atoms with van der Waals surface area (Å²) in [5, 5.41) is 0. The fourth-order valence-corrected chi connectivity index (χ4v) is 3.66. The maximum Gasteiger partial charge on any atom is 0.195 e. The highest BCUT2D eigenvalue weighted by Gasteiger charge is 2.19. The average Bonchev–Trinajstić information content (AvgIpc) is 2.72. The number of hydrogen-bond donors (Lipinski definition) is 0. The van der Waals surface area contributed by atoms with Gasteiger partial charge in [-0.25, -0.2) is 0 Å². The number of para-hydroxylation sites is 1. The summed E-state index contributed by atoms with van der Waals surface area (Å²) in [5.74, 6) is 0.0864. The summed E-state index contributed by atoms with van der Waals surface area (Å²) in [6.45, 7) is 5.28. The van der Waals surface area contributed by atoms with E-state index in [0.717, 1.165) is 42.7 Å². The van der Waals surface area contributed by atoms with Crippen molar-refractivity contribution >= 4 is 11.5 Å². The quantitative estimate of drug-likeness (QED) is 0.701. The number of hydrogen-bond acceptors (Lipinski definition) is 4. The molecule has 0 aromatic heterocycles. The standard InChI is InChI=1S/C23H30N2O2/c1-4-20(24(2)3)17-18-9-11-19(12-10-18)23(26)21-7-5-6-8-22(21)25-13-15-27-16-14-25/h5-12,20H,4,13-17H2,1-3H3. The molecule has 0 amide bonds. The number of benzene rings is 2. The van der Waals surface area contributed by atoms with Crippen LogP contribution in [-0.2, 0) is 11.2 Å². The van der Waals surface area contributed by atoms with Crippen molar-refractivity contribution in [3.05, 3.63) is 65.2 Å². The molecular weight excluding hydrogens is 336 g/mol. The second-order valence-corrected chi connectivity index (χ2v) is 7.37. The van der Waals surface area contributed by atoms with E-state index in [9.17, 15) is 4.79 Å². The van der Waals surface area contributed by atoms with Crippen LogP contribution in [0.25, 0.3) is 0 Å². The van der Waals surface area contributed by atoms with Gasteiger partial charge in [0.05, 0.1) is 13.2 Å². The molecule has 4 heteroatoms. The summed E-state index contributed by atoms with van der Waals surface area (Å²) in [6, 6.07) is 16.6. The second kappa shape index (κ2) is 9.16. The zero-order chi connectivity index (χ0) is 19.2. The molecule has 1 aliphatic rings. The Balaban J connectivity index is 1.78. The highest BCUT2D eigenvalue weighted by atomic mass is 16.5. The topological polar surface area (TPSA) is 32.8 Å². The predicted octanol–water partition coefficient (Wildman–Crippen LogP) is 3.64. The molecule has 4 nitrogen and oxygen atoms in total. The van der Waals surface area contributed by atoms with Gasteiger partial charge in [-0.05, 0) is 44.6 Å². The van der Waals surface area contributed by atoms with Crippen LogP contribution in [0.5, 0.6) is 0 Å². The van der Waals surface area contributed by atoms with Crippen LogP contribution in [0.1, 0.15) is 34.8 Å². The van der Waals surface area contributed by atoms with Gasteiger partial charge in [-0.1, -0.05) is 43.3 Å². The normalized spacial score (nSPS) is 15.8. The van der Waals surface area contributed by atoms with Gasteiger partial charge in [0.2, 0.25) is 0 Å². The van der Waals surface area contributed by atoms with Gasteiger partial charge >= 0.3 is 0 Å². The zero-order valence-corrected chi connectivity index (χ0v) is 16.6. The second-order valence-electron chi connectivity index (χ2n) is 7.37. The fraction of sp³-hybridized carbons (Fsp3) is 0.435. The predicted molar refractivity (Wildman–Crippen MR) is 111 cm³/mol. The molecule has 0 aliphatic carbocycles. The Hall–Kier alpha value is -2.17. The van der Waals surface area contributed by atoms with Crippen molar-refractivity contribution in [2.45, 2.75) is 25.8 Å². The Bertz CT molecular complexity index is 749. The molecule has 1 aliphatic heterocycles. The Kier molecular flexibility index (Phi) is 6.64. The van der Waals surface area contributed by atoms with Crippen LogP contribution >= 0.6 is 0 Å². The molecule has 1 fully saturated rings. The molecule has 3 rings (SSSR count). The van der Waals surface area contributed by atoms with Gasteiger partial charge in [0.1, 0.15) is 0 Å². The van der Waals surface area contributed by atoms with Gasteiger partial charge in [0, 0.05) is 35.9 Å². The van der Waals surface area contributed by atoms with Crippen molar-refractivity contribution in [2.24, 2.45) is 0 Å². The molecule has 144 valence electrons. The number of ether oxygens (including phenoxy) is 1. The molecule has 2 aromatic carbocycles. The number of carbonyl (C=O) groups is 1. The molecule has 1 unspecified atom stereocenters. The molecule has 2 aromatic rings. The van der Waals surface area contributed by atoms with Crippen LogP contribution in [0, 0.1) is 0 Å². The Morgan fingerprint density at radius 2 is 1.74 bits per heavy atom. The fourth-order valence-electron chi connectivity index (χ4n) is 3.66. The minimum Gasteiger partial charge on any atom is -0.378 e. The number of anilines is 1. The average molecular weight is 367 g/mol. The first-order valence-corrected chi connectivity index (χ1v) is 9.82. The lowest BCUT2D eigenvalue weighted by molar-refractivity contribution is 0.103. The van der Waals surface area contributed by atoms with Gasteiger partial charge < -0.3 is 14.5 Å². The monoisotopic (exact) mass is 366 g/mol. The van der Waals surface area contributed by atoms with Crippen molar-refractivity contribution in [2.75, 3.05) is 45.3 Å². The number of ketones is 1. The largest absolute Gasteiger partial charge is 0.378 e. The van der Waals surface area contributed by atoms with Crippen molar-refractivity contribution in [1.29, 1.82) is 0 Å². The van der Waals surface area contributed by atoms with Crippen LogP contribution in [0.15, 0.2) is 48.5 Å². The molecular formula is C23H30N2O2.